The van der Waals surface area contributed by atoms with Gasteiger partial charge in [-0.15, -0.1) is 0 Å². The third-order valence-corrected chi connectivity index (χ3v) is 3.12. The molecule has 0 fully saturated rings. The van der Waals surface area contributed by atoms with Gasteiger partial charge < -0.3 is 10.5 Å². The minimum absolute atomic E-state index is 0.126. The first-order valence-electron chi connectivity index (χ1n) is 6.35. The van der Waals surface area contributed by atoms with Crippen LogP contribution in [-0.2, 0) is 0 Å². The van der Waals surface area contributed by atoms with E-state index in [0.29, 0.717) is 6.54 Å². The van der Waals surface area contributed by atoms with Crippen LogP contribution >= 0.6 is 0 Å². The fourth-order valence-corrected chi connectivity index (χ4v) is 2.16. The van der Waals surface area contributed by atoms with Crippen molar-refractivity contribution in [3.05, 3.63) is 42.0 Å². The Labute approximate surface area is 114 Å². The van der Waals surface area contributed by atoms with Gasteiger partial charge in [0.1, 0.15) is 5.75 Å². The molecule has 0 aromatic heterocycles. The summed E-state index contributed by atoms with van der Waals surface area (Å²) in [5.41, 5.74) is 10.3. The summed E-state index contributed by atoms with van der Waals surface area (Å²) in [6.45, 7) is 0.555. The molecule has 0 aliphatic rings. The molecule has 1 unspecified atom stereocenters. The summed E-state index contributed by atoms with van der Waals surface area (Å²) in [5, 5.41) is 4.29. The summed E-state index contributed by atoms with van der Waals surface area (Å²) in [6, 6.07) is 12.6. The molecule has 0 saturated heterocycles. The lowest BCUT2D eigenvalue weighted by atomic mass is 10.0. The maximum absolute atomic E-state index is 5.83. The molecule has 19 heavy (non-hydrogen) atoms. The van der Waals surface area contributed by atoms with E-state index in [1.165, 1.54) is 16.3 Å². The lowest BCUT2D eigenvalue weighted by Crippen LogP contribution is -2.37. The van der Waals surface area contributed by atoms with Gasteiger partial charge in [-0.25, -0.2) is 10.4 Å². The second-order valence-corrected chi connectivity index (χ2v) is 4.78. The fourth-order valence-electron chi connectivity index (χ4n) is 2.16. The van der Waals surface area contributed by atoms with Crippen molar-refractivity contribution < 1.29 is 4.74 Å². The zero-order valence-electron chi connectivity index (χ0n) is 11.7. The van der Waals surface area contributed by atoms with E-state index >= 15 is 0 Å². The van der Waals surface area contributed by atoms with E-state index in [-0.39, 0.29) is 6.04 Å². The summed E-state index contributed by atoms with van der Waals surface area (Å²) >= 11 is 0. The van der Waals surface area contributed by atoms with Crippen LogP contribution in [0.5, 0.6) is 5.75 Å². The quantitative estimate of drug-likeness (QED) is 0.805. The Hall–Kier alpha value is -1.62. The van der Waals surface area contributed by atoms with Gasteiger partial charge in [-0.05, 0) is 34.5 Å². The number of methoxy groups -OCH3 is 1. The van der Waals surface area contributed by atoms with Crippen molar-refractivity contribution >= 4 is 10.8 Å². The van der Waals surface area contributed by atoms with Crippen LogP contribution in [0.25, 0.3) is 10.8 Å². The Morgan fingerprint density at radius 2 is 1.84 bits per heavy atom. The molecule has 0 radical (unpaired) electrons. The monoisotopic (exact) mass is 259 g/mol. The molecule has 0 aliphatic heterocycles. The smallest absolute Gasteiger partial charge is 0.119 e. The standard InChI is InChI=1S/C15H21N3O/c1-18(2)17-15(10-16)13-5-4-12-9-14(19-3)7-6-11(12)8-13/h4-9,15,17H,10,16H2,1-3H3. The minimum atomic E-state index is 0.126. The molecule has 4 heteroatoms. The second-order valence-electron chi connectivity index (χ2n) is 4.78. The number of hydrazine groups is 1. The van der Waals surface area contributed by atoms with E-state index in [4.69, 9.17) is 10.5 Å². The van der Waals surface area contributed by atoms with Crippen LogP contribution in [0.3, 0.4) is 0 Å². The number of fused-ring (bicyclic) bond motifs is 1. The van der Waals surface area contributed by atoms with Gasteiger partial charge in [-0.2, -0.15) is 0 Å². The van der Waals surface area contributed by atoms with Gasteiger partial charge in [0.25, 0.3) is 0 Å². The van der Waals surface area contributed by atoms with Crippen molar-refractivity contribution in [2.75, 3.05) is 27.7 Å². The maximum atomic E-state index is 5.83. The summed E-state index contributed by atoms with van der Waals surface area (Å²) in [5.74, 6) is 0.877. The first kappa shape index (κ1) is 13.8. The van der Waals surface area contributed by atoms with Gasteiger partial charge in [0.15, 0.2) is 0 Å². The predicted octanol–water partition coefficient (Wildman–Crippen LogP) is 1.91. The third-order valence-electron chi connectivity index (χ3n) is 3.12. The number of benzene rings is 2. The third kappa shape index (κ3) is 3.23. The summed E-state index contributed by atoms with van der Waals surface area (Å²) in [6.07, 6.45) is 0. The van der Waals surface area contributed by atoms with Crippen molar-refractivity contribution in [3.8, 4) is 5.75 Å². The van der Waals surface area contributed by atoms with Gasteiger partial charge in [0, 0.05) is 20.6 Å². The maximum Gasteiger partial charge on any atom is 0.119 e. The molecule has 0 saturated carbocycles. The van der Waals surface area contributed by atoms with Crippen molar-refractivity contribution in [1.29, 1.82) is 0 Å². The normalized spacial score (nSPS) is 12.9. The molecular weight excluding hydrogens is 238 g/mol. The van der Waals surface area contributed by atoms with Gasteiger partial charge in [0.2, 0.25) is 0 Å². The van der Waals surface area contributed by atoms with Crippen molar-refractivity contribution in [1.82, 2.24) is 10.4 Å². The number of nitrogens with zero attached hydrogens (tertiary/aromatic N) is 1. The molecule has 0 aliphatic carbocycles. The molecule has 3 N–H and O–H groups in total. The van der Waals surface area contributed by atoms with E-state index in [9.17, 15) is 0 Å². The van der Waals surface area contributed by atoms with Crippen LogP contribution in [0.1, 0.15) is 11.6 Å². The first-order chi connectivity index (χ1) is 9.13. The zero-order chi connectivity index (χ0) is 13.8. The molecule has 0 heterocycles. The minimum Gasteiger partial charge on any atom is -0.497 e. The number of rotatable bonds is 5. The number of ether oxygens (including phenoxy) is 1. The molecule has 0 amide bonds. The van der Waals surface area contributed by atoms with Gasteiger partial charge in [-0.1, -0.05) is 18.2 Å². The van der Waals surface area contributed by atoms with Gasteiger partial charge >= 0.3 is 0 Å². The Bertz CT molecular complexity index is 554. The Balaban J connectivity index is 2.35. The summed E-state index contributed by atoms with van der Waals surface area (Å²) in [7, 11) is 5.62. The molecule has 0 spiro atoms. The SMILES string of the molecule is COc1ccc2cc(C(CN)NN(C)C)ccc2c1. The number of nitrogens with one attached hydrogen (secondary N) is 1. The van der Waals surface area contributed by atoms with Crippen LogP contribution in [0.2, 0.25) is 0 Å². The molecule has 2 aromatic rings. The summed E-state index contributed by atoms with van der Waals surface area (Å²) < 4.78 is 5.23. The fraction of sp³-hybridized carbons (Fsp3) is 0.333. The predicted molar refractivity (Wildman–Crippen MR) is 79.1 cm³/mol. The highest BCUT2D eigenvalue weighted by Gasteiger charge is 2.10. The summed E-state index contributed by atoms with van der Waals surface area (Å²) in [4.78, 5) is 0. The average molecular weight is 259 g/mol. The number of hydrogen-bond acceptors (Lipinski definition) is 4. The lowest BCUT2D eigenvalue weighted by Gasteiger charge is -2.22. The highest BCUT2D eigenvalue weighted by atomic mass is 16.5. The van der Waals surface area contributed by atoms with Crippen LogP contribution in [0.4, 0.5) is 0 Å². The number of hydrogen-bond donors (Lipinski definition) is 2. The highest BCUT2D eigenvalue weighted by Crippen LogP contribution is 2.24. The Morgan fingerprint density at radius 1 is 1.16 bits per heavy atom. The second kappa shape index (κ2) is 6.02. The molecular formula is C15H21N3O. The number of nitrogens with two attached hydrogens (primary N) is 1. The zero-order valence-corrected chi connectivity index (χ0v) is 11.7. The van der Waals surface area contributed by atoms with Gasteiger partial charge in [-0.3, -0.25) is 0 Å². The molecule has 102 valence electrons. The van der Waals surface area contributed by atoms with Crippen LogP contribution < -0.4 is 15.9 Å². The van der Waals surface area contributed by atoms with Crippen molar-refractivity contribution in [2.24, 2.45) is 5.73 Å². The molecule has 2 rings (SSSR count). The Kier molecular flexibility index (Phi) is 4.37. The van der Waals surface area contributed by atoms with Crippen LogP contribution in [-0.4, -0.2) is 32.8 Å². The molecule has 0 bridgehead atoms. The molecule has 4 nitrogen and oxygen atoms in total. The van der Waals surface area contributed by atoms with E-state index in [1.807, 2.05) is 31.2 Å². The van der Waals surface area contributed by atoms with Crippen LogP contribution in [0.15, 0.2) is 36.4 Å². The van der Waals surface area contributed by atoms with E-state index in [1.54, 1.807) is 7.11 Å². The largest absolute Gasteiger partial charge is 0.497 e. The molecule has 2 aromatic carbocycles. The van der Waals surface area contributed by atoms with Crippen LogP contribution in [0, 0.1) is 0 Å². The lowest BCUT2D eigenvalue weighted by molar-refractivity contribution is 0.246. The van der Waals surface area contributed by atoms with E-state index in [0.717, 1.165) is 5.75 Å². The van der Waals surface area contributed by atoms with E-state index in [2.05, 4.69) is 29.7 Å². The van der Waals surface area contributed by atoms with E-state index < -0.39 is 0 Å². The highest BCUT2D eigenvalue weighted by molar-refractivity contribution is 5.84. The average Bonchev–Trinajstić information content (AvgIpc) is 2.43. The van der Waals surface area contributed by atoms with Gasteiger partial charge in [0.05, 0.1) is 13.2 Å². The Morgan fingerprint density at radius 3 is 2.47 bits per heavy atom. The van der Waals surface area contributed by atoms with Crippen molar-refractivity contribution in [2.45, 2.75) is 6.04 Å². The topological polar surface area (TPSA) is 50.5 Å². The van der Waals surface area contributed by atoms with Crippen molar-refractivity contribution in [3.63, 3.8) is 0 Å². The molecule has 1 atom stereocenters. The first-order valence-corrected chi connectivity index (χ1v) is 6.35.